The van der Waals surface area contributed by atoms with Gasteiger partial charge in [0, 0.05) is 24.8 Å². The molecule has 0 fully saturated rings. The van der Waals surface area contributed by atoms with Crippen molar-refractivity contribution >= 4 is 5.69 Å². The SMILES string of the molecule is CNCC(C)(C)N(C)c1ccccc1C. The average molecular weight is 206 g/mol. The third-order valence-corrected chi connectivity index (χ3v) is 2.99. The van der Waals surface area contributed by atoms with Gasteiger partial charge in [0.1, 0.15) is 0 Å². The van der Waals surface area contributed by atoms with Crippen LogP contribution in [0.25, 0.3) is 0 Å². The lowest BCUT2D eigenvalue weighted by atomic mass is 10.0. The summed E-state index contributed by atoms with van der Waals surface area (Å²) in [7, 11) is 4.15. The predicted octanol–water partition coefficient (Wildman–Crippen LogP) is 2.43. The van der Waals surface area contributed by atoms with E-state index in [0.717, 1.165) is 6.54 Å². The Hall–Kier alpha value is -1.02. The Morgan fingerprint density at radius 2 is 1.87 bits per heavy atom. The highest BCUT2D eigenvalue weighted by Gasteiger charge is 2.23. The van der Waals surface area contributed by atoms with E-state index in [0.29, 0.717) is 0 Å². The first kappa shape index (κ1) is 12.1. The van der Waals surface area contributed by atoms with E-state index in [1.54, 1.807) is 0 Å². The number of nitrogens with one attached hydrogen (secondary N) is 1. The normalized spacial score (nSPS) is 11.5. The van der Waals surface area contributed by atoms with Crippen LogP contribution in [0.2, 0.25) is 0 Å². The highest BCUT2D eigenvalue weighted by atomic mass is 15.2. The Morgan fingerprint density at radius 1 is 1.27 bits per heavy atom. The average Bonchev–Trinajstić information content (AvgIpc) is 2.17. The monoisotopic (exact) mass is 206 g/mol. The number of hydrogen-bond acceptors (Lipinski definition) is 2. The molecule has 0 radical (unpaired) electrons. The molecule has 0 bridgehead atoms. The molecule has 1 N–H and O–H groups in total. The smallest absolute Gasteiger partial charge is 0.0466 e. The van der Waals surface area contributed by atoms with Crippen molar-refractivity contribution in [3.05, 3.63) is 29.8 Å². The van der Waals surface area contributed by atoms with Crippen LogP contribution in [0.15, 0.2) is 24.3 Å². The van der Waals surface area contributed by atoms with Crippen LogP contribution in [-0.2, 0) is 0 Å². The molecule has 0 saturated heterocycles. The maximum absolute atomic E-state index is 3.24. The number of hydrogen-bond donors (Lipinski definition) is 1. The van der Waals surface area contributed by atoms with E-state index in [2.05, 4.69) is 62.3 Å². The molecular weight excluding hydrogens is 184 g/mol. The van der Waals surface area contributed by atoms with Crippen molar-refractivity contribution in [2.45, 2.75) is 26.3 Å². The molecule has 0 amide bonds. The summed E-state index contributed by atoms with van der Waals surface area (Å²) in [5, 5.41) is 3.24. The maximum Gasteiger partial charge on any atom is 0.0466 e. The zero-order chi connectivity index (χ0) is 11.5. The first-order chi connectivity index (χ1) is 6.99. The molecule has 2 nitrogen and oxygen atoms in total. The van der Waals surface area contributed by atoms with Gasteiger partial charge in [0.15, 0.2) is 0 Å². The summed E-state index contributed by atoms with van der Waals surface area (Å²) < 4.78 is 0. The highest BCUT2D eigenvalue weighted by molar-refractivity contribution is 5.54. The molecule has 1 rings (SSSR count). The fraction of sp³-hybridized carbons (Fsp3) is 0.538. The molecule has 0 aliphatic heterocycles. The van der Waals surface area contributed by atoms with E-state index in [1.807, 2.05) is 7.05 Å². The van der Waals surface area contributed by atoms with Gasteiger partial charge in [0.2, 0.25) is 0 Å². The molecule has 1 aromatic carbocycles. The summed E-state index contributed by atoms with van der Waals surface area (Å²) in [5.41, 5.74) is 2.75. The number of aryl methyl sites for hydroxylation is 1. The Bertz CT molecular complexity index is 318. The van der Waals surface area contributed by atoms with Crippen LogP contribution in [0.4, 0.5) is 5.69 Å². The molecule has 0 aromatic heterocycles. The number of para-hydroxylation sites is 1. The second-order valence-electron chi connectivity index (χ2n) is 4.69. The van der Waals surface area contributed by atoms with E-state index in [9.17, 15) is 0 Å². The van der Waals surface area contributed by atoms with Gasteiger partial charge < -0.3 is 10.2 Å². The van der Waals surface area contributed by atoms with Gasteiger partial charge in [-0.1, -0.05) is 18.2 Å². The lowest BCUT2D eigenvalue weighted by molar-refractivity contribution is 0.462. The summed E-state index contributed by atoms with van der Waals surface area (Å²) in [5.74, 6) is 0. The van der Waals surface area contributed by atoms with Crippen molar-refractivity contribution in [2.24, 2.45) is 0 Å². The van der Waals surface area contributed by atoms with Gasteiger partial charge in [-0.2, -0.15) is 0 Å². The van der Waals surface area contributed by atoms with Crippen LogP contribution in [-0.4, -0.2) is 26.2 Å². The Balaban J connectivity index is 2.93. The number of nitrogens with zero attached hydrogens (tertiary/aromatic N) is 1. The van der Waals surface area contributed by atoms with E-state index >= 15 is 0 Å². The maximum atomic E-state index is 3.24. The first-order valence-electron chi connectivity index (χ1n) is 5.43. The molecule has 0 aliphatic carbocycles. The van der Waals surface area contributed by atoms with Crippen LogP contribution >= 0.6 is 0 Å². The Kier molecular flexibility index (Phi) is 3.75. The van der Waals surface area contributed by atoms with Crippen LogP contribution in [0.3, 0.4) is 0 Å². The topological polar surface area (TPSA) is 15.3 Å². The van der Waals surface area contributed by atoms with Gasteiger partial charge in [-0.15, -0.1) is 0 Å². The minimum absolute atomic E-state index is 0.126. The molecule has 0 aliphatic rings. The van der Waals surface area contributed by atoms with Crippen molar-refractivity contribution in [3.8, 4) is 0 Å². The number of anilines is 1. The number of likely N-dealkylation sites (N-methyl/N-ethyl adjacent to an activating group) is 2. The van der Waals surface area contributed by atoms with Crippen molar-refractivity contribution in [3.63, 3.8) is 0 Å². The minimum atomic E-state index is 0.126. The fourth-order valence-corrected chi connectivity index (χ4v) is 1.82. The summed E-state index contributed by atoms with van der Waals surface area (Å²) in [4.78, 5) is 2.33. The van der Waals surface area contributed by atoms with Crippen LogP contribution in [0.1, 0.15) is 19.4 Å². The van der Waals surface area contributed by atoms with Crippen LogP contribution in [0.5, 0.6) is 0 Å². The molecule has 0 atom stereocenters. The summed E-state index contributed by atoms with van der Waals surface area (Å²) in [6.45, 7) is 7.62. The Labute approximate surface area is 93.3 Å². The quantitative estimate of drug-likeness (QED) is 0.814. The second-order valence-corrected chi connectivity index (χ2v) is 4.69. The zero-order valence-electron chi connectivity index (χ0n) is 10.5. The number of benzene rings is 1. The lowest BCUT2D eigenvalue weighted by Crippen LogP contribution is -2.48. The molecule has 2 heteroatoms. The molecule has 0 heterocycles. The summed E-state index contributed by atoms with van der Waals surface area (Å²) in [6, 6.07) is 8.50. The van der Waals surface area contributed by atoms with Crippen molar-refractivity contribution < 1.29 is 0 Å². The first-order valence-corrected chi connectivity index (χ1v) is 5.43. The van der Waals surface area contributed by atoms with Crippen molar-refractivity contribution in [1.82, 2.24) is 5.32 Å². The van der Waals surface area contributed by atoms with Crippen molar-refractivity contribution in [2.75, 3.05) is 25.5 Å². The summed E-state index contributed by atoms with van der Waals surface area (Å²) >= 11 is 0. The third kappa shape index (κ3) is 2.72. The minimum Gasteiger partial charge on any atom is -0.368 e. The second kappa shape index (κ2) is 4.67. The van der Waals surface area contributed by atoms with E-state index in [4.69, 9.17) is 0 Å². The molecule has 0 unspecified atom stereocenters. The molecule has 15 heavy (non-hydrogen) atoms. The van der Waals surface area contributed by atoms with Crippen molar-refractivity contribution in [1.29, 1.82) is 0 Å². The van der Waals surface area contributed by atoms with Gasteiger partial charge in [-0.25, -0.2) is 0 Å². The van der Waals surface area contributed by atoms with Gasteiger partial charge in [-0.3, -0.25) is 0 Å². The third-order valence-electron chi connectivity index (χ3n) is 2.99. The standard InChI is InChI=1S/C13H22N2/c1-11-8-6-7-9-12(11)15(5)13(2,3)10-14-4/h6-9,14H,10H2,1-5H3. The van der Waals surface area contributed by atoms with Crippen LogP contribution < -0.4 is 10.2 Å². The highest BCUT2D eigenvalue weighted by Crippen LogP contribution is 2.24. The molecule has 84 valence electrons. The molecule has 0 spiro atoms. The Morgan fingerprint density at radius 3 is 2.40 bits per heavy atom. The largest absolute Gasteiger partial charge is 0.368 e. The fourth-order valence-electron chi connectivity index (χ4n) is 1.82. The van der Waals surface area contributed by atoms with Gasteiger partial charge >= 0.3 is 0 Å². The molecule has 1 aromatic rings. The number of rotatable bonds is 4. The predicted molar refractivity (Wildman–Crippen MR) is 67.6 cm³/mol. The van der Waals surface area contributed by atoms with Crippen LogP contribution in [0, 0.1) is 6.92 Å². The molecular formula is C13H22N2. The summed E-state index contributed by atoms with van der Waals surface area (Å²) in [6.07, 6.45) is 0. The van der Waals surface area contributed by atoms with Gasteiger partial charge in [0.05, 0.1) is 0 Å². The van der Waals surface area contributed by atoms with E-state index in [-0.39, 0.29) is 5.54 Å². The van der Waals surface area contributed by atoms with Gasteiger partial charge in [-0.05, 0) is 39.4 Å². The zero-order valence-corrected chi connectivity index (χ0v) is 10.5. The lowest BCUT2D eigenvalue weighted by Gasteiger charge is -2.38. The van der Waals surface area contributed by atoms with Gasteiger partial charge in [0.25, 0.3) is 0 Å². The van der Waals surface area contributed by atoms with E-state index < -0.39 is 0 Å². The molecule has 0 saturated carbocycles. The van der Waals surface area contributed by atoms with E-state index in [1.165, 1.54) is 11.3 Å².